The molecular weight excluding hydrogens is 343 g/mol. The minimum Gasteiger partial charge on any atom is -0.406 e. The lowest BCUT2D eigenvalue weighted by atomic mass is 10.2. The molecule has 0 bridgehead atoms. The molecule has 1 aromatic heterocycles. The van der Waals surface area contributed by atoms with Crippen LogP contribution in [0.4, 0.5) is 13.2 Å². The van der Waals surface area contributed by atoms with E-state index in [1.54, 1.807) is 0 Å². The first-order chi connectivity index (χ1) is 11.6. The van der Waals surface area contributed by atoms with Crippen LogP contribution in [-0.2, 0) is 20.6 Å². The van der Waals surface area contributed by atoms with Gasteiger partial charge in [0.25, 0.3) is 11.5 Å². The van der Waals surface area contributed by atoms with Gasteiger partial charge in [-0.3, -0.25) is 18.7 Å². The Kier molecular flexibility index (Phi) is 5.00. The van der Waals surface area contributed by atoms with Crippen molar-refractivity contribution < 1.29 is 22.7 Å². The van der Waals surface area contributed by atoms with E-state index < -0.39 is 29.3 Å². The van der Waals surface area contributed by atoms with Gasteiger partial charge in [0.2, 0.25) is 0 Å². The zero-order valence-electron chi connectivity index (χ0n) is 13.3. The molecule has 1 amide bonds. The first kappa shape index (κ1) is 18.3. The van der Waals surface area contributed by atoms with Crippen molar-refractivity contribution >= 4 is 5.91 Å². The Morgan fingerprint density at radius 3 is 2.48 bits per heavy atom. The van der Waals surface area contributed by atoms with E-state index in [2.05, 4.69) is 10.1 Å². The lowest BCUT2D eigenvalue weighted by Gasteiger charge is -2.12. The Labute approximate surface area is 139 Å². The molecule has 25 heavy (non-hydrogen) atoms. The highest BCUT2D eigenvalue weighted by Gasteiger charge is 2.31. The molecule has 0 radical (unpaired) electrons. The summed E-state index contributed by atoms with van der Waals surface area (Å²) < 4.78 is 42.3. The third-order valence-electron chi connectivity index (χ3n) is 3.34. The van der Waals surface area contributed by atoms with Crippen LogP contribution in [0.1, 0.15) is 16.1 Å². The van der Waals surface area contributed by atoms with Gasteiger partial charge < -0.3 is 10.1 Å². The number of amides is 1. The Morgan fingerprint density at radius 1 is 1.16 bits per heavy atom. The largest absolute Gasteiger partial charge is 0.573 e. The van der Waals surface area contributed by atoms with Gasteiger partial charge >= 0.3 is 12.1 Å². The van der Waals surface area contributed by atoms with Crippen LogP contribution in [0.25, 0.3) is 0 Å². The predicted octanol–water partition coefficient (Wildman–Crippen LogP) is 0.913. The molecule has 0 saturated heterocycles. The van der Waals surface area contributed by atoms with Crippen molar-refractivity contribution in [1.29, 1.82) is 0 Å². The molecule has 2 rings (SSSR count). The number of carbonyl (C=O) groups excluding carboxylic acids is 1. The lowest BCUT2D eigenvalue weighted by molar-refractivity contribution is -0.274. The van der Waals surface area contributed by atoms with Crippen molar-refractivity contribution in [3.05, 3.63) is 62.4 Å². The highest BCUT2D eigenvalue weighted by molar-refractivity contribution is 5.92. The Balaban J connectivity index is 2.15. The van der Waals surface area contributed by atoms with E-state index >= 15 is 0 Å². The van der Waals surface area contributed by atoms with Crippen molar-refractivity contribution in [2.24, 2.45) is 14.1 Å². The molecule has 1 heterocycles. The number of benzene rings is 1. The molecule has 1 aromatic carbocycles. The number of hydrogen-bond donors (Lipinski definition) is 1. The van der Waals surface area contributed by atoms with Crippen LogP contribution in [0.15, 0.2) is 39.9 Å². The monoisotopic (exact) mass is 357 g/mol. The van der Waals surface area contributed by atoms with Crippen LogP contribution in [-0.4, -0.2) is 21.4 Å². The summed E-state index contributed by atoms with van der Waals surface area (Å²) in [6.45, 7) is -0.114. The highest BCUT2D eigenvalue weighted by atomic mass is 19.4. The second-order valence-corrected chi connectivity index (χ2v) is 5.15. The van der Waals surface area contributed by atoms with Gasteiger partial charge in [-0.15, -0.1) is 13.2 Å². The molecule has 134 valence electrons. The van der Waals surface area contributed by atoms with Crippen LogP contribution in [0.3, 0.4) is 0 Å². The fourth-order valence-electron chi connectivity index (χ4n) is 2.08. The summed E-state index contributed by atoms with van der Waals surface area (Å²) in [5, 5.41) is 2.44. The number of alkyl halides is 3. The molecule has 10 heteroatoms. The topological polar surface area (TPSA) is 82.3 Å². The number of hydrogen-bond acceptors (Lipinski definition) is 4. The number of carbonyl (C=O) groups is 1. The molecule has 7 nitrogen and oxygen atoms in total. The molecule has 0 atom stereocenters. The van der Waals surface area contributed by atoms with Crippen LogP contribution in [0.5, 0.6) is 5.75 Å². The summed E-state index contributed by atoms with van der Waals surface area (Å²) in [5.74, 6) is -1.13. The van der Waals surface area contributed by atoms with Crippen molar-refractivity contribution in [3.8, 4) is 5.75 Å². The van der Waals surface area contributed by atoms with E-state index in [0.29, 0.717) is 5.56 Å². The van der Waals surface area contributed by atoms with Crippen molar-refractivity contribution in [2.75, 3.05) is 0 Å². The SMILES string of the molecule is Cn1c(C(=O)NCc2cccc(OC(F)(F)F)c2)cc(=O)n(C)c1=O. The van der Waals surface area contributed by atoms with Crippen LogP contribution < -0.4 is 21.3 Å². The fourth-order valence-corrected chi connectivity index (χ4v) is 2.08. The summed E-state index contributed by atoms with van der Waals surface area (Å²) in [6.07, 6.45) is -4.82. The molecule has 0 spiro atoms. The zero-order chi connectivity index (χ0) is 18.8. The highest BCUT2D eigenvalue weighted by Crippen LogP contribution is 2.23. The summed E-state index contributed by atoms with van der Waals surface area (Å²) in [4.78, 5) is 35.5. The van der Waals surface area contributed by atoms with Crippen LogP contribution >= 0.6 is 0 Å². The zero-order valence-corrected chi connectivity index (χ0v) is 13.3. The van der Waals surface area contributed by atoms with Gasteiger partial charge in [-0.25, -0.2) is 4.79 Å². The molecule has 0 aliphatic rings. The Hall–Kier alpha value is -3.04. The summed E-state index contributed by atoms with van der Waals surface area (Å²) >= 11 is 0. The van der Waals surface area contributed by atoms with Gasteiger partial charge in [-0.1, -0.05) is 12.1 Å². The predicted molar refractivity (Wildman–Crippen MR) is 81.2 cm³/mol. The molecule has 0 fully saturated rings. The first-order valence-electron chi connectivity index (χ1n) is 6.98. The van der Waals surface area contributed by atoms with Gasteiger partial charge in [0.1, 0.15) is 11.4 Å². The van der Waals surface area contributed by atoms with E-state index in [1.165, 1.54) is 26.2 Å². The average molecular weight is 357 g/mol. The number of aromatic nitrogens is 2. The average Bonchev–Trinajstić information content (AvgIpc) is 2.53. The van der Waals surface area contributed by atoms with Crippen molar-refractivity contribution in [2.45, 2.75) is 12.9 Å². The Bertz CT molecular complexity index is 915. The van der Waals surface area contributed by atoms with Crippen molar-refractivity contribution in [1.82, 2.24) is 14.5 Å². The summed E-state index contributed by atoms with van der Waals surface area (Å²) in [7, 11) is 2.60. The van der Waals surface area contributed by atoms with Crippen LogP contribution in [0, 0.1) is 0 Å². The maximum Gasteiger partial charge on any atom is 0.573 e. The van der Waals surface area contributed by atoms with Crippen LogP contribution in [0.2, 0.25) is 0 Å². The minimum absolute atomic E-state index is 0.114. The second-order valence-electron chi connectivity index (χ2n) is 5.15. The van der Waals surface area contributed by atoms with E-state index in [-0.39, 0.29) is 12.2 Å². The van der Waals surface area contributed by atoms with Crippen molar-refractivity contribution in [3.63, 3.8) is 0 Å². The summed E-state index contributed by atoms with van der Waals surface area (Å²) in [5.41, 5.74) is -1.12. The maximum atomic E-state index is 12.2. The molecule has 2 aromatic rings. The standard InChI is InChI=1S/C15H14F3N3O4/c1-20-11(7-12(22)21(2)14(20)24)13(23)19-8-9-4-3-5-10(6-9)25-15(16,17)18/h3-7H,8H2,1-2H3,(H,19,23). The molecule has 1 N–H and O–H groups in total. The Morgan fingerprint density at radius 2 is 1.84 bits per heavy atom. The fraction of sp³-hybridized carbons (Fsp3) is 0.267. The third kappa shape index (κ3) is 4.49. The molecule has 0 unspecified atom stereocenters. The van der Waals surface area contributed by atoms with Gasteiger partial charge in [0.05, 0.1) is 0 Å². The van der Waals surface area contributed by atoms with E-state index in [1.807, 2.05) is 0 Å². The summed E-state index contributed by atoms with van der Waals surface area (Å²) in [6, 6.07) is 6.09. The van der Waals surface area contributed by atoms with Gasteiger partial charge in [0, 0.05) is 26.7 Å². The number of nitrogens with one attached hydrogen (secondary N) is 1. The molecule has 0 aliphatic heterocycles. The van der Waals surface area contributed by atoms with Gasteiger partial charge in [-0.2, -0.15) is 0 Å². The van der Waals surface area contributed by atoms with E-state index in [0.717, 1.165) is 27.3 Å². The van der Waals surface area contributed by atoms with E-state index in [9.17, 15) is 27.6 Å². The number of rotatable bonds is 4. The quantitative estimate of drug-likeness (QED) is 0.882. The third-order valence-corrected chi connectivity index (χ3v) is 3.34. The molecular formula is C15H14F3N3O4. The number of nitrogens with zero attached hydrogens (tertiary/aromatic N) is 2. The maximum absolute atomic E-state index is 12.2. The van der Waals surface area contributed by atoms with E-state index in [4.69, 9.17) is 0 Å². The minimum atomic E-state index is -4.82. The van der Waals surface area contributed by atoms with Gasteiger partial charge in [0.15, 0.2) is 0 Å². The lowest BCUT2D eigenvalue weighted by Crippen LogP contribution is -2.41. The number of halogens is 3. The molecule has 0 saturated carbocycles. The first-order valence-corrected chi connectivity index (χ1v) is 6.98. The number of ether oxygens (including phenoxy) is 1. The second kappa shape index (κ2) is 6.83. The van der Waals surface area contributed by atoms with Gasteiger partial charge in [-0.05, 0) is 17.7 Å². The smallest absolute Gasteiger partial charge is 0.406 e. The normalized spacial score (nSPS) is 11.2. The molecule has 0 aliphatic carbocycles.